The molecule has 186 valence electrons. The lowest BCUT2D eigenvalue weighted by Crippen LogP contribution is -2.44. The molecule has 0 radical (unpaired) electrons. The number of carbonyl (C=O) groups is 3. The standard InChI is InChI=1S/C28H34N2O5/c1-19(15-26(32)33)30-25(31)16-28(13-7-2-8-14-28)18-29-27(34)35-17-24-22-11-5-3-9-20(22)21-10-4-6-12-23(21)24/h3-6,9-12,19,24H,2,7-8,13-18H2,1H3,(H,29,34)(H,30,31)(H,32,33)/t19-/m1/s1. The number of nitrogens with one attached hydrogen (secondary N) is 2. The zero-order chi connectivity index (χ0) is 24.8. The highest BCUT2D eigenvalue weighted by Gasteiger charge is 2.35. The second-order valence-electron chi connectivity index (χ2n) is 9.98. The Kier molecular flexibility index (Phi) is 7.73. The molecule has 2 aliphatic rings. The molecule has 3 N–H and O–H groups in total. The molecule has 0 aliphatic heterocycles. The smallest absolute Gasteiger partial charge is 0.407 e. The van der Waals surface area contributed by atoms with Crippen LogP contribution in [0.2, 0.25) is 0 Å². The van der Waals surface area contributed by atoms with Gasteiger partial charge in [-0.2, -0.15) is 0 Å². The number of carboxylic acids is 1. The zero-order valence-corrected chi connectivity index (χ0v) is 20.2. The van der Waals surface area contributed by atoms with E-state index in [4.69, 9.17) is 9.84 Å². The summed E-state index contributed by atoms with van der Waals surface area (Å²) in [5, 5.41) is 14.6. The van der Waals surface area contributed by atoms with Gasteiger partial charge in [0.25, 0.3) is 0 Å². The van der Waals surface area contributed by atoms with Gasteiger partial charge >= 0.3 is 12.1 Å². The molecule has 0 saturated heterocycles. The third-order valence-electron chi connectivity index (χ3n) is 7.29. The van der Waals surface area contributed by atoms with Crippen molar-refractivity contribution in [2.45, 2.75) is 63.8 Å². The van der Waals surface area contributed by atoms with Gasteiger partial charge in [0.05, 0.1) is 6.42 Å². The highest BCUT2D eigenvalue weighted by atomic mass is 16.5. The number of ether oxygens (including phenoxy) is 1. The summed E-state index contributed by atoms with van der Waals surface area (Å²) < 4.78 is 5.67. The summed E-state index contributed by atoms with van der Waals surface area (Å²) in [5.41, 5.74) is 4.36. The second kappa shape index (κ2) is 10.9. The van der Waals surface area contributed by atoms with Crippen LogP contribution in [0.3, 0.4) is 0 Å². The predicted octanol–water partition coefficient (Wildman–Crippen LogP) is 4.85. The van der Waals surface area contributed by atoms with Gasteiger partial charge in [-0.3, -0.25) is 9.59 Å². The molecular formula is C28H34N2O5. The SMILES string of the molecule is C[C@H](CC(=O)O)NC(=O)CC1(CNC(=O)OCC2c3ccccc3-c3ccccc32)CCCCC1. The molecule has 7 heteroatoms. The molecule has 0 spiro atoms. The third-order valence-corrected chi connectivity index (χ3v) is 7.29. The Bertz CT molecular complexity index is 1030. The maximum atomic E-state index is 12.7. The van der Waals surface area contributed by atoms with Crippen LogP contribution in [-0.2, 0) is 14.3 Å². The van der Waals surface area contributed by atoms with Crippen LogP contribution in [0.15, 0.2) is 48.5 Å². The summed E-state index contributed by atoms with van der Waals surface area (Å²) in [4.78, 5) is 36.2. The number of aliphatic carboxylic acids is 1. The fourth-order valence-electron chi connectivity index (χ4n) is 5.61. The number of benzene rings is 2. The fraction of sp³-hybridized carbons (Fsp3) is 0.464. The Morgan fingerprint density at radius 3 is 2.20 bits per heavy atom. The molecule has 1 saturated carbocycles. The van der Waals surface area contributed by atoms with Crippen LogP contribution >= 0.6 is 0 Å². The maximum absolute atomic E-state index is 12.7. The lowest BCUT2D eigenvalue weighted by atomic mass is 9.71. The number of rotatable bonds is 9. The first-order valence-corrected chi connectivity index (χ1v) is 12.5. The Morgan fingerprint density at radius 1 is 1.00 bits per heavy atom. The molecule has 4 rings (SSSR count). The van der Waals surface area contributed by atoms with Gasteiger partial charge in [-0.1, -0.05) is 67.8 Å². The summed E-state index contributed by atoms with van der Waals surface area (Å²) in [6.45, 7) is 2.30. The third kappa shape index (κ3) is 6.02. The lowest BCUT2D eigenvalue weighted by Gasteiger charge is -2.37. The van der Waals surface area contributed by atoms with Gasteiger partial charge in [0.15, 0.2) is 0 Å². The number of carboxylic acid groups (broad SMARTS) is 1. The molecular weight excluding hydrogens is 444 g/mol. The molecule has 1 atom stereocenters. The van der Waals surface area contributed by atoms with Crippen LogP contribution < -0.4 is 10.6 Å². The minimum absolute atomic E-state index is 0.00158. The summed E-state index contributed by atoms with van der Waals surface area (Å²) in [5.74, 6) is -1.12. The molecule has 2 aromatic rings. The van der Waals surface area contributed by atoms with E-state index in [0.29, 0.717) is 6.54 Å². The van der Waals surface area contributed by atoms with Crippen molar-refractivity contribution >= 4 is 18.0 Å². The van der Waals surface area contributed by atoms with Crippen molar-refractivity contribution in [1.29, 1.82) is 0 Å². The van der Waals surface area contributed by atoms with Crippen molar-refractivity contribution in [3.8, 4) is 11.1 Å². The Balaban J connectivity index is 1.34. The average molecular weight is 479 g/mol. The Morgan fingerprint density at radius 2 is 1.60 bits per heavy atom. The molecule has 2 aromatic carbocycles. The summed E-state index contributed by atoms with van der Waals surface area (Å²) in [6.07, 6.45) is 4.49. The van der Waals surface area contributed by atoms with Gasteiger partial charge < -0.3 is 20.5 Å². The number of fused-ring (bicyclic) bond motifs is 3. The quantitative estimate of drug-likeness (QED) is 0.478. The number of amides is 2. The van der Waals surface area contributed by atoms with Crippen molar-refractivity contribution < 1.29 is 24.2 Å². The monoisotopic (exact) mass is 478 g/mol. The van der Waals surface area contributed by atoms with Crippen molar-refractivity contribution in [1.82, 2.24) is 10.6 Å². The van der Waals surface area contributed by atoms with E-state index in [2.05, 4.69) is 34.9 Å². The van der Waals surface area contributed by atoms with Crippen molar-refractivity contribution in [3.05, 3.63) is 59.7 Å². The minimum atomic E-state index is -0.942. The van der Waals surface area contributed by atoms with Crippen LogP contribution in [0.4, 0.5) is 4.79 Å². The van der Waals surface area contributed by atoms with Crippen molar-refractivity contribution in [2.75, 3.05) is 13.2 Å². The summed E-state index contributed by atoms with van der Waals surface area (Å²) in [7, 11) is 0. The average Bonchev–Trinajstić information content (AvgIpc) is 3.15. The zero-order valence-electron chi connectivity index (χ0n) is 20.2. The summed E-state index contributed by atoms with van der Waals surface area (Å²) in [6, 6.07) is 16.0. The number of alkyl carbamates (subject to hydrolysis) is 1. The van der Waals surface area contributed by atoms with E-state index < -0.39 is 18.1 Å². The molecule has 1 fully saturated rings. The Hall–Kier alpha value is -3.35. The van der Waals surface area contributed by atoms with E-state index in [9.17, 15) is 14.4 Å². The number of hydrogen-bond acceptors (Lipinski definition) is 4. The van der Waals surface area contributed by atoms with Gasteiger partial charge in [-0.15, -0.1) is 0 Å². The molecule has 7 nitrogen and oxygen atoms in total. The van der Waals surface area contributed by atoms with Crippen molar-refractivity contribution in [3.63, 3.8) is 0 Å². The van der Waals surface area contributed by atoms with Crippen molar-refractivity contribution in [2.24, 2.45) is 5.41 Å². The number of hydrogen-bond donors (Lipinski definition) is 3. The number of carbonyl (C=O) groups excluding carboxylic acids is 2. The summed E-state index contributed by atoms with van der Waals surface area (Å²) >= 11 is 0. The Labute approximate surface area is 206 Å². The minimum Gasteiger partial charge on any atom is -0.481 e. The van der Waals surface area contributed by atoms with E-state index in [1.54, 1.807) is 6.92 Å². The van der Waals surface area contributed by atoms with E-state index in [-0.39, 0.29) is 36.7 Å². The molecule has 0 bridgehead atoms. The lowest BCUT2D eigenvalue weighted by molar-refractivity contribution is -0.137. The highest BCUT2D eigenvalue weighted by molar-refractivity contribution is 5.79. The van der Waals surface area contributed by atoms with E-state index in [0.717, 1.165) is 43.2 Å². The topological polar surface area (TPSA) is 105 Å². The van der Waals surface area contributed by atoms with Crippen LogP contribution in [0, 0.1) is 5.41 Å². The molecule has 0 aromatic heterocycles. The normalized spacial score (nSPS) is 17.1. The maximum Gasteiger partial charge on any atom is 0.407 e. The van der Waals surface area contributed by atoms with Crippen LogP contribution in [0.25, 0.3) is 11.1 Å². The van der Waals surface area contributed by atoms with Crippen LogP contribution in [-0.4, -0.2) is 42.3 Å². The van der Waals surface area contributed by atoms with E-state index >= 15 is 0 Å². The molecule has 0 unspecified atom stereocenters. The van der Waals surface area contributed by atoms with Crippen LogP contribution in [0.5, 0.6) is 0 Å². The van der Waals surface area contributed by atoms with Crippen LogP contribution in [0.1, 0.15) is 68.9 Å². The molecule has 0 heterocycles. The highest BCUT2D eigenvalue weighted by Crippen LogP contribution is 2.44. The van der Waals surface area contributed by atoms with Gasteiger partial charge in [-0.05, 0) is 47.4 Å². The van der Waals surface area contributed by atoms with E-state index in [1.807, 2.05) is 24.3 Å². The van der Waals surface area contributed by atoms with Gasteiger partial charge in [-0.25, -0.2) is 4.79 Å². The fourth-order valence-corrected chi connectivity index (χ4v) is 5.61. The first-order chi connectivity index (χ1) is 16.9. The first-order valence-electron chi connectivity index (χ1n) is 12.5. The molecule has 2 amide bonds. The largest absolute Gasteiger partial charge is 0.481 e. The molecule has 2 aliphatic carbocycles. The predicted molar refractivity (Wildman–Crippen MR) is 133 cm³/mol. The van der Waals surface area contributed by atoms with Gasteiger partial charge in [0.1, 0.15) is 6.61 Å². The van der Waals surface area contributed by atoms with Gasteiger partial charge in [0, 0.05) is 24.9 Å². The first kappa shape index (κ1) is 24.8. The molecule has 35 heavy (non-hydrogen) atoms. The van der Waals surface area contributed by atoms with Gasteiger partial charge in [0.2, 0.25) is 5.91 Å². The second-order valence-corrected chi connectivity index (χ2v) is 9.98. The van der Waals surface area contributed by atoms with E-state index in [1.165, 1.54) is 11.1 Å².